The number of nitrogens with zero attached hydrogens (tertiary/aromatic N) is 1. The van der Waals surface area contributed by atoms with Crippen LogP contribution in [-0.2, 0) is 0 Å². The molecular weight excluding hydrogens is 182 g/mol. The van der Waals surface area contributed by atoms with Gasteiger partial charge in [0.1, 0.15) is 17.7 Å². The number of aldehydes is 1. The molecule has 0 atom stereocenters. The van der Waals surface area contributed by atoms with Crippen LogP contribution >= 0.6 is 0 Å². The maximum Gasteiger partial charge on any atom is 0.226 e. The van der Waals surface area contributed by atoms with E-state index >= 15 is 0 Å². The van der Waals surface area contributed by atoms with Crippen molar-refractivity contribution in [1.29, 1.82) is 0 Å². The van der Waals surface area contributed by atoms with Crippen LogP contribution in [-0.4, -0.2) is 16.4 Å². The van der Waals surface area contributed by atoms with Crippen LogP contribution in [0.25, 0.3) is 11.5 Å². The Morgan fingerprint density at radius 3 is 2.57 bits per heavy atom. The highest BCUT2D eigenvalue weighted by molar-refractivity contribution is 5.72. The predicted molar refractivity (Wildman–Crippen MR) is 49.0 cm³/mol. The van der Waals surface area contributed by atoms with Crippen LogP contribution in [0.4, 0.5) is 0 Å². The lowest BCUT2D eigenvalue weighted by molar-refractivity contribution is 0.111. The van der Waals surface area contributed by atoms with E-state index in [1.165, 1.54) is 18.4 Å². The summed E-state index contributed by atoms with van der Waals surface area (Å²) in [6.45, 7) is 0. The zero-order valence-electron chi connectivity index (χ0n) is 7.18. The number of oxazole rings is 1. The smallest absolute Gasteiger partial charge is 0.226 e. The molecule has 2 rings (SSSR count). The molecule has 70 valence electrons. The largest absolute Gasteiger partial charge is 0.508 e. The molecule has 1 aromatic carbocycles. The first-order valence-corrected chi connectivity index (χ1v) is 4.00. The number of carbonyl (C=O) groups is 1. The van der Waals surface area contributed by atoms with Crippen molar-refractivity contribution in [3.8, 4) is 17.2 Å². The van der Waals surface area contributed by atoms with Gasteiger partial charge in [0.05, 0.1) is 0 Å². The molecule has 0 saturated carbocycles. The zero-order chi connectivity index (χ0) is 9.97. The first-order valence-electron chi connectivity index (χ1n) is 4.00. The monoisotopic (exact) mass is 189 g/mol. The topological polar surface area (TPSA) is 63.3 Å². The van der Waals surface area contributed by atoms with Crippen LogP contribution in [0.1, 0.15) is 10.5 Å². The van der Waals surface area contributed by atoms with Crippen molar-refractivity contribution in [3.05, 3.63) is 36.2 Å². The van der Waals surface area contributed by atoms with Gasteiger partial charge in [-0.25, -0.2) is 4.98 Å². The van der Waals surface area contributed by atoms with Crippen LogP contribution in [0.5, 0.6) is 5.75 Å². The molecule has 0 bridgehead atoms. The standard InChI is InChI=1S/C10H7NO3/c12-5-8-6-14-10(11-8)7-1-3-9(13)4-2-7/h1-6,13H. The molecule has 0 aliphatic carbocycles. The highest BCUT2D eigenvalue weighted by atomic mass is 16.3. The van der Waals surface area contributed by atoms with E-state index in [1.807, 2.05) is 0 Å². The highest BCUT2D eigenvalue weighted by Gasteiger charge is 2.05. The van der Waals surface area contributed by atoms with E-state index in [0.717, 1.165) is 5.56 Å². The zero-order valence-corrected chi connectivity index (χ0v) is 7.18. The van der Waals surface area contributed by atoms with Gasteiger partial charge < -0.3 is 9.52 Å². The number of phenolic OH excluding ortho intramolecular Hbond substituents is 1. The number of aromatic nitrogens is 1. The molecule has 0 aliphatic rings. The molecule has 0 fully saturated rings. The number of carbonyl (C=O) groups excluding carboxylic acids is 1. The second-order valence-corrected chi connectivity index (χ2v) is 2.74. The van der Waals surface area contributed by atoms with Gasteiger partial charge in [-0.15, -0.1) is 0 Å². The Morgan fingerprint density at radius 1 is 1.29 bits per heavy atom. The predicted octanol–water partition coefficient (Wildman–Crippen LogP) is 1.86. The average molecular weight is 189 g/mol. The lowest BCUT2D eigenvalue weighted by Gasteiger charge is -1.94. The highest BCUT2D eigenvalue weighted by Crippen LogP contribution is 2.20. The maximum absolute atomic E-state index is 10.3. The summed E-state index contributed by atoms with van der Waals surface area (Å²) in [5.41, 5.74) is 0.976. The van der Waals surface area contributed by atoms with Crippen molar-refractivity contribution >= 4 is 6.29 Å². The molecule has 4 nitrogen and oxygen atoms in total. The molecule has 0 radical (unpaired) electrons. The number of benzene rings is 1. The molecule has 2 aromatic rings. The minimum absolute atomic E-state index is 0.177. The minimum Gasteiger partial charge on any atom is -0.508 e. The third kappa shape index (κ3) is 1.50. The van der Waals surface area contributed by atoms with Crippen LogP contribution in [0.3, 0.4) is 0 Å². The summed E-state index contributed by atoms with van der Waals surface area (Å²) in [5.74, 6) is 0.544. The van der Waals surface area contributed by atoms with E-state index in [0.29, 0.717) is 12.2 Å². The Kier molecular flexibility index (Phi) is 2.02. The molecular formula is C10H7NO3. The molecule has 4 heteroatoms. The van der Waals surface area contributed by atoms with E-state index in [2.05, 4.69) is 4.98 Å². The summed E-state index contributed by atoms with van der Waals surface area (Å²) in [6, 6.07) is 6.38. The van der Waals surface area contributed by atoms with Gasteiger partial charge in [-0.1, -0.05) is 0 Å². The fraction of sp³-hybridized carbons (Fsp3) is 0. The second-order valence-electron chi connectivity index (χ2n) is 2.74. The van der Waals surface area contributed by atoms with Gasteiger partial charge in [-0.3, -0.25) is 4.79 Å². The summed E-state index contributed by atoms with van der Waals surface area (Å²) >= 11 is 0. The van der Waals surface area contributed by atoms with Crippen LogP contribution < -0.4 is 0 Å². The Labute approximate surface area is 79.8 Å². The normalized spacial score (nSPS) is 10.0. The number of phenols is 1. The van der Waals surface area contributed by atoms with Crippen LogP contribution in [0, 0.1) is 0 Å². The van der Waals surface area contributed by atoms with Crippen LogP contribution in [0.2, 0.25) is 0 Å². The van der Waals surface area contributed by atoms with Crippen molar-refractivity contribution < 1.29 is 14.3 Å². The van der Waals surface area contributed by atoms with E-state index in [-0.39, 0.29) is 11.4 Å². The quantitative estimate of drug-likeness (QED) is 0.732. The van der Waals surface area contributed by atoms with Crippen LogP contribution in [0.15, 0.2) is 34.9 Å². The van der Waals surface area contributed by atoms with Gasteiger partial charge in [0, 0.05) is 5.56 Å². The van der Waals surface area contributed by atoms with Gasteiger partial charge in [0.15, 0.2) is 6.29 Å². The molecule has 0 amide bonds. The molecule has 0 spiro atoms. The minimum atomic E-state index is 0.177. The first kappa shape index (κ1) is 8.50. The van der Waals surface area contributed by atoms with Gasteiger partial charge in [0.25, 0.3) is 0 Å². The molecule has 14 heavy (non-hydrogen) atoms. The Morgan fingerprint density at radius 2 is 2.00 bits per heavy atom. The molecule has 1 aromatic heterocycles. The summed E-state index contributed by atoms with van der Waals surface area (Å²) in [5, 5.41) is 9.05. The Balaban J connectivity index is 2.39. The average Bonchev–Trinajstić information content (AvgIpc) is 2.67. The third-order valence-corrected chi connectivity index (χ3v) is 1.76. The SMILES string of the molecule is O=Cc1coc(-c2ccc(O)cc2)n1. The second kappa shape index (κ2) is 3.33. The van der Waals surface area contributed by atoms with Crippen molar-refractivity contribution in [1.82, 2.24) is 4.98 Å². The first-order chi connectivity index (χ1) is 6.79. The van der Waals surface area contributed by atoms with Gasteiger partial charge in [-0.05, 0) is 24.3 Å². The summed E-state index contributed by atoms with van der Waals surface area (Å²) in [4.78, 5) is 14.3. The lowest BCUT2D eigenvalue weighted by Crippen LogP contribution is -1.79. The number of hydrogen-bond donors (Lipinski definition) is 1. The molecule has 0 saturated heterocycles. The maximum atomic E-state index is 10.3. The van der Waals surface area contributed by atoms with Crippen molar-refractivity contribution in [3.63, 3.8) is 0 Å². The van der Waals surface area contributed by atoms with E-state index in [1.54, 1.807) is 12.1 Å². The van der Waals surface area contributed by atoms with Gasteiger partial charge in [-0.2, -0.15) is 0 Å². The molecule has 1 N–H and O–H groups in total. The van der Waals surface area contributed by atoms with Gasteiger partial charge >= 0.3 is 0 Å². The van der Waals surface area contributed by atoms with Crippen molar-refractivity contribution in [2.75, 3.05) is 0 Å². The van der Waals surface area contributed by atoms with E-state index in [4.69, 9.17) is 9.52 Å². The molecule has 1 heterocycles. The third-order valence-electron chi connectivity index (χ3n) is 1.76. The number of aromatic hydroxyl groups is 1. The Bertz CT molecular complexity index is 445. The van der Waals surface area contributed by atoms with Crippen molar-refractivity contribution in [2.45, 2.75) is 0 Å². The van der Waals surface area contributed by atoms with Crippen molar-refractivity contribution in [2.24, 2.45) is 0 Å². The lowest BCUT2D eigenvalue weighted by atomic mass is 10.2. The molecule has 0 unspecified atom stereocenters. The van der Waals surface area contributed by atoms with Gasteiger partial charge in [0.2, 0.25) is 5.89 Å². The number of rotatable bonds is 2. The fourth-order valence-electron chi connectivity index (χ4n) is 1.08. The molecule has 0 aliphatic heterocycles. The number of hydrogen-bond acceptors (Lipinski definition) is 4. The van der Waals surface area contributed by atoms with E-state index < -0.39 is 0 Å². The summed E-state index contributed by atoms with van der Waals surface area (Å²) in [7, 11) is 0. The Hall–Kier alpha value is -2.10. The summed E-state index contributed by atoms with van der Waals surface area (Å²) < 4.78 is 5.06. The van der Waals surface area contributed by atoms with E-state index in [9.17, 15) is 4.79 Å². The fourth-order valence-corrected chi connectivity index (χ4v) is 1.08. The summed E-state index contributed by atoms with van der Waals surface area (Å²) in [6.07, 6.45) is 1.91.